The van der Waals surface area contributed by atoms with Crippen molar-refractivity contribution in [1.82, 2.24) is 0 Å². The minimum atomic E-state index is 0.778. The third-order valence-electron chi connectivity index (χ3n) is 6.48. The van der Waals surface area contributed by atoms with Gasteiger partial charge in [-0.25, -0.2) is 0 Å². The molecule has 1 unspecified atom stereocenters. The highest BCUT2D eigenvalue weighted by atomic mass is 14.7. The molecular formula is C18H32. The molecule has 0 aromatic carbocycles. The van der Waals surface area contributed by atoms with Gasteiger partial charge in [0.05, 0.1) is 0 Å². The van der Waals surface area contributed by atoms with Gasteiger partial charge in [0.2, 0.25) is 0 Å². The van der Waals surface area contributed by atoms with Crippen LogP contribution in [0.3, 0.4) is 0 Å². The Morgan fingerprint density at radius 2 is 1.28 bits per heavy atom. The predicted octanol–water partition coefficient (Wildman–Crippen LogP) is 6.10. The van der Waals surface area contributed by atoms with Crippen LogP contribution in [0.5, 0.6) is 0 Å². The highest BCUT2D eigenvalue weighted by Gasteiger charge is 2.61. The monoisotopic (exact) mass is 248 g/mol. The van der Waals surface area contributed by atoms with Gasteiger partial charge in [-0.2, -0.15) is 0 Å². The molecule has 0 nitrogen and oxygen atoms in total. The fraction of sp³-hybridized carbons (Fsp3) is 1.00. The second kappa shape index (κ2) is 5.17. The summed E-state index contributed by atoms with van der Waals surface area (Å²) in [6, 6.07) is 0. The second-order valence-electron chi connectivity index (χ2n) is 8.13. The van der Waals surface area contributed by atoms with Crippen molar-refractivity contribution >= 4 is 0 Å². The molecular weight excluding hydrogens is 216 g/mol. The van der Waals surface area contributed by atoms with E-state index in [1.165, 1.54) is 57.8 Å². The molecule has 1 atom stereocenters. The highest BCUT2D eigenvalue weighted by molar-refractivity contribution is 5.12. The normalized spacial score (nSPS) is 46.2. The Balaban J connectivity index is 1.56. The maximum absolute atomic E-state index is 2.60. The van der Waals surface area contributed by atoms with E-state index in [4.69, 9.17) is 0 Å². The van der Waals surface area contributed by atoms with E-state index in [2.05, 4.69) is 6.92 Å². The largest absolute Gasteiger partial charge is 0.0593 e. The lowest BCUT2D eigenvalue weighted by atomic mass is 9.58. The van der Waals surface area contributed by atoms with E-state index in [0.717, 1.165) is 16.7 Å². The van der Waals surface area contributed by atoms with Crippen LogP contribution in [0.15, 0.2) is 0 Å². The smallest absolute Gasteiger partial charge is 0.0284 e. The van der Waals surface area contributed by atoms with E-state index in [-0.39, 0.29) is 0 Å². The number of hydrogen-bond acceptors (Lipinski definition) is 0. The molecule has 0 N–H and O–H groups in total. The van der Waals surface area contributed by atoms with Crippen molar-refractivity contribution in [3.8, 4) is 0 Å². The fourth-order valence-electron chi connectivity index (χ4n) is 5.72. The molecule has 0 amide bonds. The predicted molar refractivity (Wildman–Crippen MR) is 78.7 cm³/mol. The van der Waals surface area contributed by atoms with E-state index in [9.17, 15) is 0 Å². The summed E-state index contributed by atoms with van der Waals surface area (Å²) in [7, 11) is 0. The topological polar surface area (TPSA) is 0 Å². The summed E-state index contributed by atoms with van der Waals surface area (Å²) >= 11 is 0. The zero-order valence-electron chi connectivity index (χ0n) is 12.5. The zero-order valence-corrected chi connectivity index (χ0v) is 12.5. The van der Waals surface area contributed by atoms with Gasteiger partial charge in [-0.05, 0) is 48.9 Å². The lowest BCUT2D eigenvalue weighted by molar-refractivity contribution is 0.0350. The molecule has 4 aliphatic carbocycles. The van der Waals surface area contributed by atoms with Gasteiger partial charge in [0.25, 0.3) is 0 Å². The molecule has 4 saturated carbocycles. The van der Waals surface area contributed by atoms with Gasteiger partial charge in [-0.15, -0.1) is 0 Å². The summed E-state index contributed by atoms with van der Waals surface area (Å²) < 4.78 is 0. The minimum Gasteiger partial charge on any atom is -0.0593 e. The summed E-state index contributed by atoms with van der Waals surface area (Å²) in [5.74, 6) is 1.10. The van der Waals surface area contributed by atoms with Gasteiger partial charge in [0, 0.05) is 0 Å². The average molecular weight is 248 g/mol. The Hall–Kier alpha value is 0. The molecule has 0 heteroatoms. The molecule has 0 heterocycles. The SMILES string of the molecule is CC12CC3(CCCCCCCCCCCC1C3)C2. The first kappa shape index (κ1) is 13.0. The Kier molecular flexibility index (Phi) is 3.74. The van der Waals surface area contributed by atoms with Crippen molar-refractivity contribution in [2.45, 2.75) is 96.8 Å². The first-order valence-corrected chi connectivity index (χ1v) is 8.73. The lowest BCUT2D eigenvalue weighted by Crippen LogP contribution is -2.36. The molecule has 3 bridgehead atoms. The van der Waals surface area contributed by atoms with Crippen molar-refractivity contribution < 1.29 is 0 Å². The van der Waals surface area contributed by atoms with E-state index < -0.39 is 0 Å². The molecule has 1 spiro atoms. The number of hydrogen-bond donors (Lipinski definition) is 0. The number of rotatable bonds is 0. The quantitative estimate of drug-likeness (QED) is 0.486. The third-order valence-corrected chi connectivity index (χ3v) is 6.48. The summed E-state index contributed by atoms with van der Waals surface area (Å²) in [5.41, 5.74) is 1.61. The third kappa shape index (κ3) is 2.49. The summed E-state index contributed by atoms with van der Waals surface area (Å²) in [4.78, 5) is 0. The molecule has 0 saturated heterocycles. The molecule has 4 aliphatic rings. The van der Waals surface area contributed by atoms with Crippen LogP contribution in [-0.4, -0.2) is 0 Å². The maximum Gasteiger partial charge on any atom is -0.0284 e. The van der Waals surface area contributed by atoms with E-state index >= 15 is 0 Å². The van der Waals surface area contributed by atoms with Crippen LogP contribution in [0, 0.1) is 16.7 Å². The van der Waals surface area contributed by atoms with E-state index in [1.807, 2.05) is 0 Å². The van der Waals surface area contributed by atoms with Gasteiger partial charge in [0.1, 0.15) is 0 Å². The van der Waals surface area contributed by atoms with Crippen LogP contribution in [-0.2, 0) is 0 Å². The van der Waals surface area contributed by atoms with Crippen LogP contribution < -0.4 is 0 Å². The average Bonchev–Trinajstić information content (AvgIpc) is 2.72. The van der Waals surface area contributed by atoms with E-state index in [0.29, 0.717) is 0 Å². The Morgan fingerprint density at radius 1 is 0.722 bits per heavy atom. The Bertz CT molecular complexity index is 272. The van der Waals surface area contributed by atoms with Crippen molar-refractivity contribution in [2.24, 2.45) is 16.7 Å². The Morgan fingerprint density at radius 3 is 1.94 bits per heavy atom. The van der Waals surface area contributed by atoms with E-state index in [1.54, 1.807) is 32.1 Å². The van der Waals surface area contributed by atoms with Gasteiger partial charge in [0.15, 0.2) is 0 Å². The summed E-state index contributed by atoms with van der Waals surface area (Å²) in [5, 5.41) is 0. The molecule has 104 valence electrons. The van der Waals surface area contributed by atoms with Crippen molar-refractivity contribution in [2.75, 3.05) is 0 Å². The van der Waals surface area contributed by atoms with Gasteiger partial charge in [-0.1, -0.05) is 64.7 Å². The molecule has 0 radical (unpaired) electrons. The molecule has 18 heavy (non-hydrogen) atoms. The van der Waals surface area contributed by atoms with Gasteiger partial charge >= 0.3 is 0 Å². The molecule has 0 aliphatic heterocycles. The molecule has 0 aromatic rings. The van der Waals surface area contributed by atoms with Gasteiger partial charge < -0.3 is 0 Å². The second-order valence-corrected chi connectivity index (χ2v) is 8.13. The standard InChI is InChI=1S/C18H32/c1-17-14-18(15-17)12-10-8-6-4-2-3-5-7-9-11-16(17)13-18/h16H,2-15H2,1H3. The van der Waals surface area contributed by atoms with Crippen molar-refractivity contribution in [1.29, 1.82) is 0 Å². The van der Waals surface area contributed by atoms with Gasteiger partial charge in [-0.3, -0.25) is 0 Å². The van der Waals surface area contributed by atoms with Crippen LogP contribution >= 0.6 is 0 Å². The molecule has 4 rings (SSSR count). The molecule has 4 fully saturated rings. The lowest BCUT2D eigenvalue weighted by Gasteiger charge is -2.47. The fourth-order valence-corrected chi connectivity index (χ4v) is 5.72. The Labute approximate surface area is 114 Å². The maximum atomic E-state index is 2.60. The summed E-state index contributed by atoms with van der Waals surface area (Å²) in [6.45, 7) is 2.60. The zero-order chi connectivity index (χ0) is 12.5. The van der Waals surface area contributed by atoms with Crippen molar-refractivity contribution in [3.63, 3.8) is 0 Å². The minimum absolute atomic E-state index is 0.778. The summed E-state index contributed by atoms with van der Waals surface area (Å²) in [6.07, 6.45) is 21.5. The first-order valence-electron chi connectivity index (χ1n) is 8.73. The molecule has 0 aromatic heterocycles. The first-order chi connectivity index (χ1) is 8.73. The van der Waals surface area contributed by atoms with Crippen LogP contribution in [0.1, 0.15) is 96.8 Å². The van der Waals surface area contributed by atoms with Crippen LogP contribution in [0.4, 0.5) is 0 Å². The highest BCUT2D eigenvalue weighted by Crippen LogP contribution is 2.72. The van der Waals surface area contributed by atoms with Crippen LogP contribution in [0.25, 0.3) is 0 Å². The van der Waals surface area contributed by atoms with Crippen LogP contribution in [0.2, 0.25) is 0 Å². The van der Waals surface area contributed by atoms with Crippen molar-refractivity contribution in [3.05, 3.63) is 0 Å².